The number of esters is 1. The van der Waals surface area contributed by atoms with Crippen molar-refractivity contribution in [3.8, 4) is 0 Å². The first-order valence-corrected chi connectivity index (χ1v) is 6.40. The van der Waals surface area contributed by atoms with Crippen LogP contribution in [0.4, 0.5) is 0 Å². The molecule has 2 aliphatic heterocycles. The molecule has 0 aliphatic carbocycles. The van der Waals surface area contributed by atoms with Gasteiger partial charge in [0.25, 0.3) is 0 Å². The smallest absolute Gasteiger partial charge is 0.310 e. The van der Waals surface area contributed by atoms with E-state index < -0.39 is 0 Å². The molecule has 2 aliphatic rings. The first-order chi connectivity index (χ1) is 8.31. The molecule has 0 aromatic heterocycles. The summed E-state index contributed by atoms with van der Waals surface area (Å²) in [6, 6.07) is 0. The fourth-order valence-corrected chi connectivity index (χ4v) is 2.61. The molecule has 2 saturated heterocycles. The van der Waals surface area contributed by atoms with Crippen molar-refractivity contribution in [2.24, 2.45) is 11.8 Å². The molecule has 2 heterocycles. The van der Waals surface area contributed by atoms with Gasteiger partial charge in [0.1, 0.15) is 0 Å². The van der Waals surface area contributed by atoms with Gasteiger partial charge in [-0.2, -0.15) is 0 Å². The van der Waals surface area contributed by atoms with Crippen LogP contribution in [0.15, 0.2) is 0 Å². The Labute approximate surface area is 102 Å². The zero-order valence-corrected chi connectivity index (χ0v) is 10.5. The molecular formula is C12H22N2O3. The van der Waals surface area contributed by atoms with Crippen molar-refractivity contribution in [1.82, 2.24) is 10.2 Å². The summed E-state index contributed by atoms with van der Waals surface area (Å²) < 4.78 is 10.3. The van der Waals surface area contributed by atoms with E-state index in [1.165, 1.54) is 7.11 Å². The van der Waals surface area contributed by atoms with Gasteiger partial charge in [-0.3, -0.25) is 9.69 Å². The quantitative estimate of drug-likeness (QED) is 0.687. The highest BCUT2D eigenvalue weighted by atomic mass is 16.5. The first-order valence-electron chi connectivity index (χ1n) is 6.40. The summed E-state index contributed by atoms with van der Waals surface area (Å²) in [7, 11) is 1.48. The van der Waals surface area contributed by atoms with E-state index in [9.17, 15) is 4.79 Å². The van der Waals surface area contributed by atoms with E-state index in [0.29, 0.717) is 12.5 Å². The van der Waals surface area contributed by atoms with Gasteiger partial charge in [-0.15, -0.1) is 0 Å². The number of carbonyl (C=O) groups excluding carboxylic acids is 1. The van der Waals surface area contributed by atoms with Gasteiger partial charge in [0.15, 0.2) is 0 Å². The van der Waals surface area contributed by atoms with Gasteiger partial charge in [-0.25, -0.2) is 0 Å². The normalized spacial score (nSPS) is 27.9. The van der Waals surface area contributed by atoms with Crippen LogP contribution >= 0.6 is 0 Å². The van der Waals surface area contributed by atoms with Gasteiger partial charge < -0.3 is 14.8 Å². The van der Waals surface area contributed by atoms with E-state index in [1.54, 1.807) is 0 Å². The number of nitrogens with one attached hydrogen (secondary N) is 1. The number of carbonyl (C=O) groups is 1. The number of rotatable bonds is 4. The molecular weight excluding hydrogens is 220 g/mol. The average molecular weight is 242 g/mol. The van der Waals surface area contributed by atoms with E-state index in [0.717, 1.165) is 45.8 Å². The van der Waals surface area contributed by atoms with E-state index in [-0.39, 0.29) is 11.9 Å². The molecule has 98 valence electrons. The summed E-state index contributed by atoms with van der Waals surface area (Å²) in [5.41, 5.74) is 0. The van der Waals surface area contributed by atoms with Gasteiger partial charge in [-0.05, 0) is 12.3 Å². The molecule has 0 bridgehead atoms. The van der Waals surface area contributed by atoms with Crippen molar-refractivity contribution in [1.29, 1.82) is 0 Å². The highest BCUT2D eigenvalue weighted by Gasteiger charge is 2.33. The molecule has 0 aromatic carbocycles. The lowest BCUT2D eigenvalue weighted by Gasteiger charge is -2.31. The number of piperazine rings is 1. The van der Waals surface area contributed by atoms with Crippen LogP contribution in [0.5, 0.6) is 0 Å². The predicted octanol–water partition coefficient (Wildman–Crippen LogP) is -0.283. The molecule has 0 aromatic rings. The maximum Gasteiger partial charge on any atom is 0.310 e. The van der Waals surface area contributed by atoms with Crippen LogP contribution in [-0.4, -0.2) is 63.9 Å². The van der Waals surface area contributed by atoms with Gasteiger partial charge in [0.2, 0.25) is 0 Å². The molecule has 1 N–H and O–H groups in total. The molecule has 5 heteroatoms. The topological polar surface area (TPSA) is 50.8 Å². The highest BCUT2D eigenvalue weighted by Crippen LogP contribution is 2.24. The van der Waals surface area contributed by atoms with Crippen molar-refractivity contribution in [2.45, 2.75) is 6.42 Å². The summed E-state index contributed by atoms with van der Waals surface area (Å²) >= 11 is 0. The molecule has 0 saturated carbocycles. The Hall–Kier alpha value is -0.650. The third-order valence-corrected chi connectivity index (χ3v) is 3.70. The minimum Gasteiger partial charge on any atom is -0.469 e. The Morgan fingerprint density at radius 3 is 2.88 bits per heavy atom. The summed E-state index contributed by atoms with van der Waals surface area (Å²) in [5.74, 6) is 0.219. The number of ether oxygens (including phenoxy) is 2. The Balaban J connectivity index is 1.91. The summed E-state index contributed by atoms with van der Waals surface area (Å²) in [5, 5.41) is 3.32. The number of nitrogens with zero attached hydrogens (tertiary/aromatic N) is 1. The third kappa shape index (κ3) is 3.40. The largest absolute Gasteiger partial charge is 0.469 e. The Kier molecular flexibility index (Phi) is 4.76. The molecule has 0 radical (unpaired) electrons. The second-order valence-electron chi connectivity index (χ2n) is 4.80. The molecule has 2 unspecified atom stereocenters. The minimum absolute atomic E-state index is 0.0272. The van der Waals surface area contributed by atoms with Crippen LogP contribution in [0.3, 0.4) is 0 Å². The molecule has 0 amide bonds. The number of hydrogen-bond acceptors (Lipinski definition) is 5. The van der Waals surface area contributed by atoms with Crippen LogP contribution in [-0.2, 0) is 14.3 Å². The Morgan fingerprint density at radius 1 is 1.53 bits per heavy atom. The van der Waals surface area contributed by atoms with Crippen LogP contribution in [0.2, 0.25) is 0 Å². The zero-order chi connectivity index (χ0) is 12.1. The maximum atomic E-state index is 11.9. The van der Waals surface area contributed by atoms with Crippen LogP contribution in [0.1, 0.15) is 6.42 Å². The van der Waals surface area contributed by atoms with Crippen molar-refractivity contribution in [3.05, 3.63) is 0 Å². The van der Waals surface area contributed by atoms with E-state index in [1.807, 2.05) is 0 Å². The van der Waals surface area contributed by atoms with Gasteiger partial charge in [-0.1, -0.05) is 0 Å². The molecule has 0 spiro atoms. The predicted molar refractivity (Wildman–Crippen MR) is 63.7 cm³/mol. The van der Waals surface area contributed by atoms with Gasteiger partial charge in [0, 0.05) is 39.3 Å². The van der Waals surface area contributed by atoms with Crippen LogP contribution in [0.25, 0.3) is 0 Å². The highest BCUT2D eigenvalue weighted by molar-refractivity contribution is 5.73. The summed E-state index contributed by atoms with van der Waals surface area (Å²) in [6.45, 7) is 6.33. The lowest BCUT2D eigenvalue weighted by atomic mass is 9.91. The molecule has 5 nitrogen and oxygen atoms in total. The lowest BCUT2D eigenvalue weighted by Crippen LogP contribution is -2.47. The van der Waals surface area contributed by atoms with Crippen molar-refractivity contribution < 1.29 is 14.3 Å². The molecule has 2 atom stereocenters. The Morgan fingerprint density at radius 2 is 2.29 bits per heavy atom. The minimum atomic E-state index is -0.0842. The Bertz CT molecular complexity index is 248. The fourth-order valence-electron chi connectivity index (χ4n) is 2.61. The van der Waals surface area contributed by atoms with E-state index in [4.69, 9.17) is 9.47 Å². The third-order valence-electron chi connectivity index (χ3n) is 3.70. The monoisotopic (exact) mass is 242 g/mol. The molecule has 2 fully saturated rings. The summed E-state index contributed by atoms with van der Waals surface area (Å²) in [6.07, 6.45) is 0.978. The van der Waals surface area contributed by atoms with Crippen LogP contribution in [0, 0.1) is 11.8 Å². The second kappa shape index (κ2) is 6.33. The van der Waals surface area contributed by atoms with Crippen LogP contribution < -0.4 is 5.32 Å². The standard InChI is InChI=1S/C12H22N2O3/c1-16-12(15)11(10-2-7-17-9-10)8-14-5-3-13-4-6-14/h10-11,13H,2-9H2,1H3. The number of methoxy groups -OCH3 is 1. The van der Waals surface area contributed by atoms with E-state index >= 15 is 0 Å². The van der Waals surface area contributed by atoms with Crippen molar-refractivity contribution in [3.63, 3.8) is 0 Å². The van der Waals surface area contributed by atoms with Crippen molar-refractivity contribution >= 4 is 5.97 Å². The zero-order valence-electron chi connectivity index (χ0n) is 10.5. The number of hydrogen-bond donors (Lipinski definition) is 1. The fraction of sp³-hybridized carbons (Fsp3) is 0.917. The molecule has 17 heavy (non-hydrogen) atoms. The molecule has 2 rings (SSSR count). The van der Waals surface area contributed by atoms with Gasteiger partial charge in [0.05, 0.1) is 19.6 Å². The first kappa shape index (κ1) is 12.8. The SMILES string of the molecule is COC(=O)C(CN1CCNCC1)C1CCOC1. The van der Waals surface area contributed by atoms with Gasteiger partial charge >= 0.3 is 5.97 Å². The summed E-state index contributed by atoms with van der Waals surface area (Å²) in [4.78, 5) is 14.2. The van der Waals surface area contributed by atoms with E-state index in [2.05, 4.69) is 10.2 Å². The lowest BCUT2D eigenvalue weighted by molar-refractivity contribution is -0.148. The maximum absolute atomic E-state index is 11.9. The average Bonchev–Trinajstić information content (AvgIpc) is 2.90. The second-order valence-corrected chi connectivity index (χ2v) is 4.80. The van der Waals surface area contributed by atoms with Crippen molar-refractivity contribution in [2.75, 3.05) is 53.0 Å².